The van der Waals surface area contributed by atoms with Crippen molar-refractivity contribution in [2.45, 2.75) is 329 Å². The van der Waals surface area contributed by atoms with E-state index in [0.29, 0.717) is 19.3 Å². The molecular weight excluding hydrogens is 781 g/mol. The van der Waals surface area contributed by atoms with Crippen LogP contribution in [0.15, 0.2) is 0 Å². The van der Waals surface area contributed by atoms with Gasteiger partial charge in [0.2, 0.25) is 0 Å². The smallest absolute Gasteiger partial charge is 0.306 e. The molecule has 0 saturated heterocycles. The molecule has 1 unspecified atom stereocenters. The second-order valence-electron chi connectivity index (χ2n) is 19.8. The van der Waals surface area contributed by atoms with E-state index in [1.807, 2.05) is 0 Å². The van der Waals surface area contributed by atoms with E-state index in [9.17, 15) is 14.4 Å². The summed E-state index contributed by atoms with van der Waals surface area (Å²) in [6.07, 6.45) is 55.1. The number of carbonyl (C=O) groups is 3. The third kappa shape index (κ3) is 49.7. The quantitative estimate of drug-likeness (QED) is 0.0344. The minimum atomic E-state index is -0.762. The lowest BCUT2D eigenvalue weighted by molar-refractivity contribution is -0.167. The summed E-state index contributed by atoms with van der Waals surface area (Å²) < 4.78 is 16.9. The third-order valence-electron chi connectivity index (χ3n) is 13.4. The zero-order valence-electron chi connectivity index (χ0n) is 43.0. The molecule has 0 fully saturated rings. The number of hydrogen-bond donors (Lipinski definition) is 0. The summed E-state index contributed by atoms with van der Waals surface area (Å²) in [5, 5.41) is 0. The van der Waals surface area contributed by atoms with E-state index < -0.39 is 6.10 Å². The molecule has 0 saturated carbocycles. The van der Waals surface area contributed by atoms with Gasteiger partial charge in [0, 0.05) is 19.3 Å². The monoisotopic (exact) mass is 891 g/mol. The maximum atomic E-state index is 12.8. The van der Waals surface area contributed by atoms with Gasteiger partial charge in [-0.15, -0.1) is 0 Å². The van der Waals surface area contributed by atoms with Crippen molar-refractivity contribution in [1.82, 2.24) is 0 Å². The van der Waals surface area contributed by atoms with Gasteiger partial charge in [-0.2, -0.15) is 0 Å². The normalized spacial score (nSPS) is 12.4. The van der Waals surface area contributed by atoms with Crippen LogP contribution in [-0.4, -0.2) is 37.2 Å². The lowest BCUT2D eigenvalue weighted by Crippen LogP contribution is -2.30. The van der Waals surface area contributed by atoms with Crippen molar-refractivity contribution in [2.75, 3.05) is 13.2 Å². The van der Waals surface area contributed by atoms with E-state index >= 15 is 0 Å². The number of carbonyl (C=O) groups excluding carboxylic acids is 3. The van der Waals surface area contributed by atoms with E-state index in [-0.39, 0.29) is 31.1 Å². The van der Waals surface area contributed by atoms with Crippen molar-refractivity contribution >= 4 is 17.9 Å². The first-order valence-electron chi connectivity index (χ1n) is 28.4. The largest absolute Gasteiger partial charge is 0.462 e. The molecule has 0 aliphatic carbocycles. The van der Waals surface area contributed by atoms with Gasteiger partial charge in [-0.3, -0.25) is 14.4 Å². The highest BCUT2D eigenvalue weighted by Crippen LogP contribution is 2.18. The first-order chi connectivity index (χ1) is 30.9. The highest BCUT2D eigenvalue weighted by molar-refractivity contribution is 5.71. The van der Waals surface area contributed by atoms with E-state index in [1.54, 1.807) is 0 Å². The molecule has 0 bridgehead atoms. The molecule has 0 heterocycles. The summed E-state index contributed by atoms with van der Waals surface area (Å²) in [6, 6.07) is 0. The zero-order chi connectivity index (χ0) is 45.9. The van der Waals surface area contributed by atoms with Gasteiger partial charge in [-0.25, -0.2) is 0 Å². The van der Waals surface area contributed by atoms with Gasteiger partial charge in [-0.05, 0) is 25.2 Å². The molecule has 0 aromatic heterocycles. The molecule has 0 aromatic rings. The predicted octanol–water partition coefficient (Wildman–Crippen LogP) is 18.6. The van der Waals surface area contributed by atoms with Crippen molar-refractivity contribution in [3.8, 4) is 0 Å². The minimum absolute atomic E-state index is 0.0621. The number of rotatable bonds is 52. The lowest BCUT2D eigenvalue weighted by Gasteiger charge is -2.18. The van der Waals surface area contributed by atoms with Crippen LogP contribution >= 0.6 is 0 Å². The summed E-state index contributed by atoms with van der Waals surface area (Å²) >= 11 is 0. The molecule has 63 heavy (non-hydrogen) atoms. The van der Waals surface area contributed by atoms with Crippen molar-refractivity contribution in [3.63, 3.8) is 0 Å². The van der Waals surface area contributed by atoms with Gasteiger partial charge in [0.15, 0.2) is 6.10 Å². The molecule has 2 atom stereocenters. The zero-order valence-corrected chi connectivity index (χ0v) is 43.0. The van der Waals surface area contributed by atoms with Crippen LogP contribution in [0.2, 0.25) is 0 Å². The summed E-state index contributed by atoms with van der Waals surface area (Å²) in [5.41, 5.74) is 0. The summed E-state index contributed by atoms with van der Waals surface area (Å²) in [7, 11) is 0. The van der Waals surface area contributed by atoms with E-state index in [2.05, 4.69) is 27.7 Å². The highest BCUT2D eigenvalue weighted by atomic mass is 16.6. The van der Waals surface area contributed by atoms with Gasteiger partial charge < -0.3 is 14.2 Å². The van der Waals surface area contributed by atoms with Gasteiger partial charge in [0.25, 0.3) is 0 Å². The Hall–Kier alpha value is -1.59. The fourth-order valence-corrected chi connectivity index (χ4v) is 8.72. The van der Waals surface area contributed by atoms with Crippen LogP contribution in [-0.2, 0) is 28.6 Å². The van der Waals surface area contributed by atoms with E-state index in [0.717, 1.165) is 63.7 Å². The number of ether oxygens (including phenoxy) is 3. The Bertz CT molecular complexity index is 951. The second kappa shape index (κ2) is 51.4. The van der Waals surface area contributed by atoms with Gasteiger partial charge in [0.05, 0.1) is 0 Å². The summed E-state index contributed by atoms with van der Waals surface area (Å²) in [6.45, 7) is 9.08. The standard InChI is InChI=1S/C57H110O6/c1-5-8-10-12-14-16-18-20-22-24-26-28-34-38-42-46-50-57(60)63-54(52-62-56(59)49-45-41-37-33-30-29-31-35-39-43-47-53(4)7-3)51-61-55(58)48-44-40-36-32-27-25-23-21-19-17-15-13-11-9-6-2/h53-54H,5-52H2,1-4H3/t53?,54-/m0/s1. The van der Waals surface area contributed by atoms with Crippen LogP contribution in [0.4, 0.5) is 0 Å². The number of unbranched alkanes of at least 4 members (excludes halogenated alkanes) is 38. The average Bonchev–Trinajstić information content (AvgIpc) is 3.28. The maximum Gasteiger partial charge on any atom is 0.306 e. The van der Waals surface area contributed by atoms with Crippen molar-refractivity contribution in [2.24, 2.45) is 5.92 Å². The maximum absolute atomic E-state index is 12.8. The van der Waals surface area contributed by atoms with Crippen molar-refractivity contribution in [3.05, 3.63) is 0 Å². The molecule has 0 radical (unpaired) electrons. The Kier molecular flexibility index (Phi) is 50.1. The Morgan fingerprint density at radius 3 is 0.825 bits per heavy atom. The Morgan fingerprint density at radius 2 is 0.556 bits per heavy atom. The Balaban J connectivity index is 4.31. The average molecular weight is 892 g/mol. The van der Waals surface area contributed by atoms with Crippen LogP contribution in [0.1, 0.15) is 323 Å². The van der Waals surface area contributed by atoms with Crippen molar-refractivity contribution in [1.29, 1.82) is 0 Å². The predicted molar refractivity (Wildman–Crippen MR) is 270 cm³/mol. The third-order valence-corrected chi connectivity index (χ3v) is 13.4. The van der Waals surface area contributed by atoms with Crippen LogP contribution < -0.4 is 0 Å². The summed E-state index contributed by atoms with van der Waals surface area (Å²) in [5.74, 6) is 0.0328. The molecule has 6 nitrogen and oxygen atoms in total. The van der Waals surface area contributed by atoms with E-state index in [1.165, 1.54) is 218 Å². The highest BCUT2D eigenvalue weighted by Gasteiger charge is 2.19. The van der Waals surface area contributed by atoms with Crippen LogP contribution in [0.5, 0.6) is 0 Å². The fraction of sp³-hybridized carbons (Fsp3) is 0.947. The lowest BCUT2D eigenvalue weighted by atomic mass is 9.99. The molecule has 0 amide bonds. The number of esters is 3. The Morgan fingerprint density at radius 1 is 0.317 bits per heavy atom. The first-order valence-corrected chi connectivity index (χ1v) is 28.4. The molecular formula is C57H110O6. The number of hydrogen-bond acceptors (Lipinski definition) is 6. The fourth-order valence-electron chi connectivity index (χ4n) is 8.72. The van der Waals surface area contributed by atoms with Gasteiger partial charge in [0.1, 0.15) is 13.2 Å². The first kappa shape index (κ1) is 61.4. The van der Waals surface area contributed by atoms with Crippen molar-refractivity contribution < 1.29 is 28.6 Å². The molecule has 0 spiro atoms. The Labute approximate surface area is 393 Å². The van der Waals surface area contributed by atoms with Crippen LogP contribution in [0.25, 0.3) is 0 Å². The SMILES string of the molecule is CCCCCCCCCCCCCCCCCCC(=O)O[C@@H](COC(=O)CCCCCCCCCCCCCCCCC)COC(=O)CCCCCCCCCCCCC(C)CC. The molecule has 0 aliphatic rings. The summed E-state index contributed by atoms with van der Waals surface area (Å²) in [4.78, 5) is 38.1. The topological polar surface area (TPSA) is 78.9 Å². The van der Waals surface area contributed by atoms with Crippen LogP contribution in [0.3, 0.4) is 0 Å². The van der Waals surface area contributed by atoms with Crippen LogP contribution in [0, 0.1) is 5.92 Å². The molecule has 0 aliphatic heterocycles. The molecule has 0 aromatic carbocycles. The molecule has 0 N–H and O–H groups in total. The second-order valence-corrected chi connectivity index (χ2v) is 19.8. The molecule has 6 heteroatoms. The van der Waals surface area contributed by atoms with E-state index in [4.69, 9.17) is 14.2 Å². The molecule has 0 rings (SSSR count). The van der Waals surface area contributed by atoms with Gasteiger partial charge >= 0.3 is 17.9 Å². The minimum Gasteiger partial charge on any atom is -0.462 e. The van der Waals surface area contributed by atoms with Gasteiger partial charge in [-0.1, -0.05) is 285 Å². The molecule has 374 valence electrons.